The number of ether oxygens (including phenoxy) is 3. The third kappa shape index (κ3) is 7.14. The van der Waals surface area contributed by atoms with Gasteiger partial charge in [-0.05, 0) is 24.6 Å². The summed E-state index contributed by atoms with van der Waals surface area (Å²) in [6, 6.07) is 5.71. The van der Waals surface area contributed by atoms with Crippen LogP contribution < -0.4 is 9.47 Å². The van der Waals surface area contributed by atoms with E-state index in [-0.39, 0.29) is 5.78 Å². The first kappa shape index (κ1) is 18.4. The van der Waals surface area contributed by atoms with Gasteiger partial charge >= 0.3 is 0 Å². The monoisotopic (exact) mass is 282 g/mol. The van der Waals surface area contributed by atoms with E-state index in [0.717, 1.165) is 5.56 Å². The maximum atomic E-state index is 11.4. The molecule has 1 rings (SSSR count). The zero-order chi connectivity index (χ0) is 15.4. The second-order valence-electron chi connectivity index (χ2n) is 4.03. The van der Waals surface area contributed by atoms with Crippen LogP contribution in [0.3, 0.4) is 0 Å². The van der Waals surface area contributed by atoms with E-state index < -0.39 is 0 Å². The molecule has 0 amide bonds. The van der Waals surface area contributed by atoms with Gasteiger partial charge < -0.3 is 14.2 Å². The minimum Gasteiger partial charge on any atom is -0.493 e. The van der Waals surface area contributed by atoms with E-state index in [1.54, 1.807) is 14.2 Å². The van der Waals surface area contributed by atoms with Crippen LogP contribution in [-0.4, -0.2) is 33.2 Å². The van der Waals surface area contributed by atoms with Crippen molar-refractivity contribution in [2.24, 2.45) is 0 Å². The van der Waals surface area contributed by atoms with Crippen LogP contribution in [0.4, 0.5) is 0 Å². The molecule has 0 aliphatic carbocycles. The average Bonchev–Trinajstić information content (AvgIpc) is 2.48. The Kier molecular flexibility index (Phi) is 10.4. The summed E-state index contributed by atoms with van der Waals surface area (Å²) in [6.07, 6.45) is 0.825. The van der Waals surface area contributed by atoms with Gasteiger partial charge in [-0.15, -0.1) is 0 Å². The molecule has 0 spiro atoms. The fraction of sp³-hybridized carbons (Fsp3) is 0.562. The summed E-state index contributed by atoms with van der Waals surface area (Å²) >= 11 is 0. The SMILES string of the molecule is CC.COCCC(=O)CCOc1ccc(C)cc1OC. The van der Waals surface area contributed by atoms with Gasteiger partial charge in [-0.25, -0.2) is 0 Å². The quantitative estimate of drug-likeness (QED) is 0.733. The summed E-state index contributed by atoms with van der Waals surface area (Å²) in [4.78, 5) is 11.4. The standard InChI is InChI=1S/C14H20O4.C2H6/c1-11-4-5-13(14(10-11)17-3)18-9-7-12(15)6-8-16-2;1-2/h4-5,10H,6-9H2,1-3H3;1-2H3. The lowest BCUT2D eigenvalue weighted by atomic mass is 10.2. The molecule has 114 valence electrons. The number of hydrogen-bond donors (Lipinski definition) is 0. The Hall–Kier alpha value is -1.55. The molecule has 0 saturated heterocycles. The Labute approximate surface area is 122 Å². The lowest BCUT2D eigenvalue weighted by molar-refractivity contribution is -0.120. The first-order valence-corrected chi connectivity index (χ1v) is 6.95. The number of benzene rings is 1. The highest BCUT2D eigenvalue weighted by Crippen LogP contribution is 2.27. The fourth-order valence-corrected chi connectivity index (χ4v) is 1.51. The highest BCUT2D eigenvalue weighted by Gasteiger charge is 2.06. The van der Waals surface area contributed by atoms with Crippen molar-refractivity contribution in [3.63, 3.8) is 0 Å². The van der Waals surface area contributed by atoms with Crippen molar-refractivity contribution in [1.82, 2.24) is 0 Å². The Morgan fingerprint density at radius 3 is 2.30 bits per heavy atom. The minimum absolute atomic E-state index is 0.142. The number of carbonyl (C=O) groups is 1. The van der Waals surface area contributed by atoms with Gasteiger partial charge in [0.2, 0.25) is 0 Å². The second-order valence-corrected chi connectivity index (χ2v) is 4.03. The number of aryl methyl sites for hydroxylation is 1. The molecule has 0 bridgehead atoms. The van der Waals surface area contributed by atoms with E-state index in [0.29, 0.717) is 37.6 Å². The van der Waals surface area contributed by atoms with E-state index in [2.05, 4.69) is 0 Å². The third-order valence-electron chi connectivity index (χ3n) is 2.54. The van der Waals surface area contributed by atoms with Crippen LogP contribution in [0.15, 0.2) is 18.2 Å². The molecular weight excluding hydrogens is 256 g/mol. The van der Waals surface area contributed by atoms with Crippen LogP contribution in [0.25, 0.3) is 0 Å². The van der Waals surface area contributed by atoms with Crippen LogP contribution in [0.1, 0.15) is 32.3 Å². The summed E-state index contributed by atoms with van der Waals surface area (Å²) in [6.45, 7) is 6.81. The minimum atomic E-state index is 0.142. The number of Topliss-reactive ketones (excluding diaryl/α,β-unsaturated/α-hetero) is 1. The Bertz CT molecular complexity index is 388. The van der Waals surface area contributed by atoms with E-state index in [9.17, 15) is 4.79 Å². The predicted octanol–water partition coefficient (Wildman–Crippen LogP) is 3.40. The number of methoxy groups -OCH3 is 2. The predicted molar refractivity (Wildman–Crippen MR) is 80.7 cm³/mol. The zero-order valence-corrected chi connectivity index (χ0v) is 13.2. The number of hydrogen-bond acceptors (Lipinski definition) is 4. The van der Waals surface area contributed by atoms with Gasteiger partial charge in [0.15, 0.2) is 11.5 Å². The summed E-state index contributed by atoms with van der Waals surface area (Å²) < 4.78 is 15.6. The molecule has 0 heterocycles. The van der Waals surface area contributed by atoms with Gasteiger partial charge in [0.05, 0.1) is 20.3 Å². The van der Waals surface area contributed by atoms with E-state index in [4.69, 9.17) is 14.2 Å². The van der Waals surface area contributed by atoms with Gasteiger partial charge in [-0.1, -0.05) is 19.9 Å². The maximum absolute atomic E-state index is 11.4. The van der Waals surface area contributed by atoms with Crippen LogP contribution in [0, 0.1) is 6.92 Å². The lowest BCUT2D eigenvalue weighted by Crippen LogP contribution is -2.08. The van der Waals surface area contributed by atoms with Crippen molar-refractivity contribution in [3.8, 4) is 11.5 Å². The molecule has 0 radical (unpaired) electrons. The lowest BCUT2D eigenvalue weighted by Gasteiger charge is -2.10. The number of rotatable bonds is 8. The molecule has 4 nitrogen and oxygen atoms in total. The topological polar surface area (TPSA) is 44.8 Å². The van der Waals surface area contributed by atoms with Crippen molar-refractivity contribution in [3.05, 3.63) is 23.8 Å². The van der Waals surface area contributed by atoms with Crippen LogP contribution in [0.5, 0.6) is 11.5 Å². The van der Waals surface area contributed by atoms with Gasteiger partial charge in [-0.3, -0.25) is 4.79 Å². The van der Waals surface area contributed by atoms with Gasteiger partial charge in [0, 0.05) is 20.0 Å². The average molecular weight is 282 g/mol. The molecule has 0 aliphatic heterocycles. The summed E-state index contributed by atoms with van der Waals surface area (Å²) in [5, 5.41) is 0. The Morgan fingerprint density at radius 1 is 1.05 bits per heavy atom. The Morgan fingerprint density at radius 2 is 1.70 bits per heavy atom. The summed E-state index contributed by atoms with van der Waals surface area (Å²) in [5.74, 6) is 1.50. The first-order valence-electron chi connectivity index (χ1n) is 6.95. The van der Waals surface area contributed by atoms with Crippen LogP contribution >= 0.6 is 0 Å². The molecule has 0 saturated carbocycles. The number of ketones is 1. The fourth-order valence-electron chi connectivity index (χ4n) is 1.51. The van der Waals surface area contributed by atoms with Crippen molar-refractivity contribution >= 4 is 5.78 Å². The first-order chi connectivity index (χ1) is 9.67. The van der Waals surface area contributed by atoms with E-state index in [1.165, 1.54) is 0 Å². The van der Waals surface area contributed by atoms with Gasteiger partial charge in [0.1, 0.15) is 5.78 Å². The van der Waals surface area contributed by atoms with Crippen molar-refractivity contribution in [1.29, 1.82) is 0 Å². The molecule has 1 aromatic carbocycles. The van der Waals surface area contributed by atoms with Gasteiger partial charge in [0.25, 0.3) is 0 Å². The van der Waals surface area contributed by atoms with Crippen LogP contribution in [-0.2, 0) is 9.53 Å². The molecular formula is C16H26O4. The molecule has 0 N–H and O–H groups in total. The maximum Gasteiger partial charge on any atom is 0.161 e. The highest BCUT2D eigenvalue weighted by atomic mass is 16.5. The molecule has 0 aromatic heterocycles. The van der Waals surface area contributed by atoms with Crippen molar-refractivity contribution in [2.75, 3.05) is 27.4 Å². The largest absolute Gasteiger partial charge is 0.493 e. The van der Waals surface area contributed by atoms with E-state index >= 15 is 0 Å². The molecule has 0 atom stereocenters. The van der Waals surface area contributed by atoms with Crippen molar-refractivity contribution < 1.29 is 19.0 Å². The summed E-state index contributed by atoms with van der Waals surface area (Å²) in [7, 11) is 3.19. The molecule has 0 fully saturated rings. The van der Waals surface area contributed by atoms with E-state index in [1.807, 2.05) is 39.0 Å². The third-order valence-corrected chi connectivity index (χ3v) is 2.54. The molecule has 20 heavy (non-hydrogen) atoms. The second kappa shape index (κ2) is 11.3. The van der Waals surface area contributed by atoms with Crippen molar-refractivity contribution in [2.45, 2.75) is 33.6 Å². The summed E-state index contributed by atoms with van der Waals surface area (Å²) in [5.41, 5.74) is 1.11. The smallest absolute Gasteiger partial charge is 0.161 e. The highest BCUT2D eigenvalue weighted by molar-refractivity contribution is 5.78. The normalized spacial score (nSPS) is 9.45. The van der Waals surface area contributed by atoms with Crippen LogP contribution in [0.2, 0.25) is 0 Å². The number of carbonyl (C=O) groups excluding carboxylic acids is 1. The Balaban J connectivity index is 0.00000172. The molecule has 1 aromatic rings. The molecule has 4 heteroatoms. The molecule has 0 aliphatic rings. The van der Waals surface area contributed by atoms with Gasteiger partial charge in [-0.2, -0.15) is 0 Å². The molecule has 0 unspecified atom stereocenters. The zero-order valence-electron chi connectivity index (χ0n) is 13.2.